The molecule has 0 unspecified atom stereocenters. The van der Waals surface area contributed by atoms with Gasteiger partial charge in [0, 0.05) is 22.3 Å². The Balaban J connectivity index is 2.05. The summed E-state index contributed by atoms with van der Waals surface area (Å²) in [6.07, 6.45) is 0. The van der Waals surface area contributed by atoms with Crippen LogP contribution >= 0.6 is 11.6 Å². The SMILES string of the molecule is C=C1NC(=O)N[C@H](c2cc(Cl)cc(OC)c2OCc2ccccc2)[C@H]1C(C)=O. The standard InChI is InChI=1S/C21H21ClN2O4/c1-12-18(13(2)25)19(24-21(26)23-12)16-9-15(22)10-17(27-3)20(16)28-11-14-7-5-4-6-8-14/h4-10,18-19H,1,11H2,2-3H3,(H2,23,24,26)/t18-,19-/m1/s1. The number of hydrogen-bond acceptors (Lipinski definition) is 4. The third-order valence-electron chi connectivity index (χ3n) is 4.54. The Morgan fingerprint density at radius 2 is 1.96 bits per heavy atom. The molecule has 6 nitrogen and oxygen atoms in total. The fourth-order valence-corrected chi connectivity index (χ4v) is 3.50. The molecule has 28 heavy (non-hydrogen) atoms. The summed E-state index contributed by atoms with van der Waals surface area (Å²) in [6.45, 7) is 5.57. The van der Waals surface area contributed by atoms with Gasteiger partial charge in [0.05, 0.1) is 19.1 Å². The van der Waals surface area contributed by atoms with Crippen molar-refractivity contribution in [1.82, 2.24) is 10.6 Å². The number of carbonyl (C=O) groups is 2. The quantitative estimate of drug-likeness (QED) is 0.768. The van der Waals surface area contributed by atoms with Crippen LogP contribution in [0.25, 0.3) is 0 Å². The molecule has 1 aliphatic rings. The van der Waals surface area contributed by atoms with Crippen molar-refractivity contribution in [3.8, 4) is 11.5 Å². The molecule has 2 atom stereocenters. The third-order valence-corrected chi connectivity index (χ3v) is 4.75. The molecule has 0 spiro atoms. The monoisotopic (exact) mass is 400 g/mol. The van der Waals surface area contributed by atoms with Crippen molar-refractivity contribution in [2.24, 2.45) is 5.92 Å². The van der Waals surface area contributed by atoms with Crippen molar-refractivity contribution in [3.63, 3.8) is 0 Å². The van der Waals surface area contributed by atoms with Crippen LogP contribution in [0.5, 0.6) is 11.5 Å². The lowest BCUT2D eigenvalue weighted by Crippen LogP contribution is -2.50. The summed E-state index contributed by atoms with van der Waals surface area (Å²) in [5, 5.41) is 5.75. The minimum Gasteiger partial charge on any atom is -0.493 e. The molecule has 0 saturated carbocycles. The summed E-state index contributed by atoms with van der Waals surface area (Å²) in [5.41, 5.74) is 1.85. The molecule has 146 valence electrons. The van der Waals surface area contributed by atoms with Gasteiger partial charge in [0.25, 0.3) is 0 Å². The van der Waals surface area contributed by atoms with Crippen LogP contribution in [0.3, 0.4) is 0 Å². The van der Waals surface area contributed by atoms with Crippen molar-refractivity contribution < 1.29 is 19.1 Å². The van der Waals surface area contributed by atoms with E-state index in [0.717, 1.165) is 5.56 Å². The summed E-state index contributed by atoms with van der Waals surface area (Å²) < 4.78 is 11.5. The lowest BCUT2D eigenvalue weighted by molar-refractivity contribution is -0.120. The maximum absolute atomic E-state index is 12.3. The van der Waals surface area contributed by atoms with Crippen LogP contribution in [0.2, 0.25) is 5.02 Å². The van der Waals surface area contributed by atoms with Gasteiger partial charge in [-0.2, -0.15) is 0 Å². The Morgan fingerprint density at radius 1 is 1.25 bits per heavy atom. The second-order valence-electron chi connectivity index (χ2n) is 6.49. The van der Waals surface area contributed by atoms with Crippen LogP contribution in [-0.4, -0.2) is 18.9 Å². The van der Waals surface area contributed by atoms with Gasteiger partial charge in [-0.25, -0.2) is 4.79 Å². The number of benzene rings is 2. The molecule has 7 heteroatoms. The topological polar surface area (TPSA) is 76.7 Å². The number of ether oxygens (including phenoxy) is 2. The van der Waals surface area contributed by atoms with Crippen LogP contribution in [0.1, 0.15) is 24.1 Å². The molecule has 3 rings (SSSR count). The Labute approximate surface area is 168 Å². The van der Waals surface area contributed by atoms with Crippen LogP contribution in [0, 0.1) is 5.92 Å². The van der Waals surface area contributed by atoms with Crippen molar-refractivity contribution in [3.05, 3.63) is 70.9 Å². The molecule has 0 radical (unpaired) electrons. The van der Waals surface area contributed by atoms with E-state index in [4.69, 9.17) is 21.1 Å². The highest BCUT2D eigenvalue weighted by Gasteiger charge is 2.38. The second kappa shape index (κ2) is 8.35. The van der Waals surface area contributed by atoms with E-state index < -0.39 is 18.0 Å². The number of amides is 2. The first-order valence-electron chi connectivity index (χ1n) is 8.71. The van der Waals surface area contributed by atoms with E-state index in [9.17, 15) is 9.59 Å². The third kappa shape index (κ3) is 4.12. The maximum Gasteiger partial charge on any atom is 0.319 e. The van der Waals surface area contributed by atoms with E-state index >= 15 is 0 Å². The molecule has 1 fully saturated rings. The molecule has 2 amide bonds. The molecule has 0 bridgehead atoms. The van der Waals surface area contributed by atoms with Gasteiger partial charge in [0.15, 0.2) is 11.5 Å². The van der Waals surface area contributed by atoms with E-state index in [0.29, 0.717) is 27.8 Å². The van der Waals surface area contributed by atoms with Gasteiger partial charge in [-0.3, -0.25) is 4.79 Å². The summed E-state index contributed by atoms with van der Waals surface area (Å²) in [7, 11) is 1.51. The minimum absolute atomic E-state index is 0.143. The van der Waals surface area contributed by atoms with Gasteiger partial charge in [0.2, 0.25) is 0 Å². The minimum atomic E-state index is -0.683. The Hall–Kier alpha value is -2.99. The largest absolute Gasteiger partial charge is 0.493 e. The molecular formula is C21H21ClN2O4. The first-order chi connectivity index (χ1) is 13.4. The Bertz CT molecular complexity index is 914. The molecule has 2 aromatic carbocycles. The molecule has 1 saturated heterocycles. The predicted octanol–water partition coefficient (Wildman–Crippen LogP) is 4.00. The predicted molar refractivity (Wildman–Crippen MR) is 106 cm³/mol. The van der Waals surface area contributed by atoms with Gasteiger partial charge in [-0.05, 0) is 18.6 Å². The van der Waals surface area contributed by atoms with Crippen LogP contribution < -0.4 is 20.1 Å². The van der Waals surface area contributed by atoms with Crippen LogP contribution in [-0.2, 0) is 11.4 Å². The van der Waals surface area contributed by atoms with E-state index in [-0.39, 0.29) is 12.4 Å². The summed E-state index contributed by atoms with van der Waals surface area (Å²) >= 11 is 6.27. The van der Waals surface area contributed by atoms with E-state index in [1.165, 1.54) is 14.0 Å². The number of hydrogen-bond donors (Lipinski definition) is 2. The van der Waals surface area contributed by atoms with Gasteiger partial charge < -0.3 is 20.1 Å². The maximum atomic E-state index is 12.3. The van der Waals surface area contributed by atoms with Crippen molar-refractivity contribution in [2.75, 3.05) is 7.11 Å². The molecule has 2 aromatic rings. The highest BCUT2D eigenvalue weighted by atomic mass is 35.5. The number of methoxy groups -OCH3 is 1. The molecule has 1 heterocycles. The van der Waals surface area contributed by atoms with Crippen molar-refractivity contribution in [1.29, 1.82) is 0 Å². The lowest BCUT2D eigenvalue weighted by atomic mass is 9.85. The first kappa shape index (κ1) is 19.8. The fourth-order valence-electron chi connectivity index (χ4n) is 3.28. The molecule has 0 aliphatic carbocycles. The van der Waals surface area contributed by atoms with Crippen LogP contribution in [0.15, 0.2) is 54.7 Å². The smallest absolute Gasteiger partial charge is 0.319 e. The molecule has 0 aromatic heterocycles. The summed E-state index contributed by atoms with van der Waals surface area (Å²) in [6, 6.07) is 11.8. The average Bonchev–Trinajstić information content (AvgIpc) is 2.66. The highest BCUT2D eigenvalue weighted by Crippen LogP contribution is 2.42. The number of urea groups is 1. The highest BCUT2D eigenvalue weighted by molar-refractivity contribution is 6.30. The van der Waals surface area contributed by atoms with Crippen molar-refractivity contribution in [2.45, 2.75) is 19.6 Å². The van der Waals surface area contributed by atoms with Gasteiger partial charge in [-0.15, -0.1) is 0 Å². The zero-order valence-electron chi connectivity index (χ0n) is 15.6. The fraction of sp³-hybridized carbons (Fsp3) is 0.238. The lowest BCUT2D eigenvalue weighted by Gasteiger charge is -2.34. The van der Waals surface area contributed by atoms with Crippen molar-refractivity contribution >= 4 is 23.4 Å². The van der Waals surface area contributed by atoms with E-state index in [1.807, 2.05) is 30.3 Å². The van der Waals surface area contributed by atoms with Gasteiger partial charge in [-0.1, -0.05) is 48.5 Å². The molecule has 1 aliphatic heterocycles. The molecular weight excluding hydrogens is 380 g/mol. The zero-order chi connectivity index (χ0) is 20.3. The molecule has 2 N–H and O–H groups in total. The summed E-state index contributed by atoms with van der Waals surface area (Å²) in [4.78, 5) is 24.3. The Kier molecular flexibility index (Phi) is 5.90. The number of Topliss-reactive ketones (excluding diaryl/α,β-unsaturated/α-hetero) is 1. The number of halogens is 1. The first-order valence-corrected chi connectivity index (χ1v) is 9.09. The number of rotatable bonds is 6. The van der Waals surface area contributed by atoms with Gasteiger partial charge >= 0.3 is 6.03 Å². The van der Waals surface area contributed by atoms with Crippen LogP contribution in [0.4, 0.5) is 4.79 Å². The van der Waals surface area contributed by atoms with E-state index in [2.05, 4.69) is 17.2 Å². The second-order valence-corrected chi connectivity index (χ2v) is 6.93. The summed E-state index contributed by atoms with van der Waals surface area (Å²) in [5.74, 6) is 0.0246. The number of ketones is 1. The van der Waals surface area contributed by atoms with E-state index in [1.54, 1.807) is 12.1 Å². The normalized spacial score (nSPS) is 18.8. The Morgan fingerprint density at radius 3 is 2.61 bits per heavy atom. The van der Waals surface area contributed by atoms with Gasteiger partial charge in [0.1, 0.15) is 12.4 Å². The number of nitrogens with one attached hydrogen (secondary N) is 2. The zero-order valence-corrected chi connectivity index (χ0v) is 16.4. The average molecular weight is 401 g/mol. The number of carbonyl (C=O) groups excluding carboxylic acids is 2.